The fraction of sp³-hybridized carbons (Fsp3) is 0.552. The number of carbonyl (C=O) groups is 1. The van der Waals surface area contributed by atoms with Crippen molar-refractivity contribution in [3.63, 3.8) is 0 Å². The number of carbonyl (C=O) groups excluding carboxylic acids is 1. The van der Waals surface area contributed by atoms with E-state index < -0.39 is 5.60 Å². The molecule has 2 fully saturated rings. The average Bonchev–Trinajstić information content (AvgIpc) is 3.33. The molecule has 6 heteroatoms. The van der Waals surface area contributed by atoms with Gasteiger partial charge in [0.05, 0.1) is 5.60 Å². The van der Waals surface area contributed by atoms with Crippen molar-refractivity contribution in [2.45, 2.75) is 63.0 Å². The molecule has 1 aliphatic heterocycles. The Hall–Kier alpha value is -2.28. The second-order valence-corrected chi connectivity index (χ2v) is 10.3. The Bertz CT molecular complexity index is 982. The number of ether oxygens (including phenoxy) is 1. The van der Waals surface area contributed by atoms with E-state index in [0.29, 0.717) is 19.6 Å². The molecular formula is C29H39FN2O3. The highest BCUT2D eigenvalue weighted by Crippen LogP contribution is 2.44. The maximum atomic E-state index is 13.6. The number of benzene rings is 2. The Morgan fingerprint density at radius 1 is 1.14 bits per heavy atom. The normalized spacial score (nSPS) is 24.3. The van der Waals surface area contributed by atoms with Crippen molar-refractivity contribution in [3.05, 3.63) is 59.9 Å². The van der Waals surface area contributed by atoms with Crippen LogP contribution in [0.25, 0.3) is 11.1 Å². The number of unbranched alkanes of at least 4 members (excludes halogenated alkanes) is 1. The Morgan fingerprint density at radius 3 is 2.63 bits per heavy atom. The van der Waals surface area contributed by atoms with Gasteiger partial charge < -0.3 is 20.5 Å². The molecule has 1 saturated heterocycles. The molecule has 5 nitrogen and oxygen atoms in total. The van der Waals surface area contributed by atoms with Crippen LogP contribution in [0.4, 0.5) is 4.39 Å². The molecule has 0 bridgehead atoms. The third-order valence-electron chi connectivity index (χ3n) is 7.94. The predicted molar refractivity (Wildman–Crippen MR) is 136 cm³/mol. The fourth-order valence-electron chi connectivity index (χ4n) is 6.01. The topological polar surface area (TPSA) is 75.8 Å². The van der Waals surface area contributed by atoms with Crippen molar-refractivity contribution in [1.29, 1.82) is 0 Å². The molecule has 0 spiro atoms. The largest absolute Gasteiger partial charge is 0.385 e. The molecule has 3 N–H and O–H groups in total. The molecule has 1 saturated carbocycles. The van der Waals surface area contributed by atoms with Crippen LogP contribution in [0, 0.1) is 17.7 Å². The summed E-state index contributed by atoms with van der Waals surface area (Å²) in [7, 11) is 1.69. The molecule has 4 atom stereocenters. The van der Waals surface area contributed by atoms with Gasteiger partial charge in [0.2, 0.25) is 5.91 Å². The highest BCUT2D eigenvalue weighted by Gasteiger charge is 2.43. The van der Waals surface area contributed by atoms with Crippen LogP contribution in [0.2, 0.25) is 0 Å². The number of hydrogen-bond donors (Lipinski definition) is 2. The van der Waals surface area contributed by atoms with Crippen LogP contribution in [0.5, 0.6) is 0 Å². The molecule has 190 valence electrons. The van der Waals surface area contributed by atoms with E-state index in [2.05, 4.69) is 0 Å². The van der Waals surface area contributed by atoms with E-state index >= 15 is 0 Å². The summed E-state index contributed by atoms with van der Waals surface area (Å²) in [6.07, 6.45) is 6.49. The summed E-state index contributed by atoms with van der Waals surface area (Å²) < 4.78 is 18.9. The fourth-order valence-corrected chi connectivity index (χ4v) is 6.01. The van der Waals surface area contributed by atoms with Gasteiger partial charge in [0.1, 0.15) is 5.82 Å². The van der Waals surface area contributed by atoms with E-state index in [4.69, 9.17) is 10.5 Å². The number of amides is 1. The molecule has 4 rings (SSSR count). The minimum atomic E-state index is -1.11. The summed E-state index contributed by atoms with van der Waals surface area (Å²) in [6.45, 7) is 1.93. The van der Waals surface area contributed by atoms with Crippen molar-refractivity contribution in [2.24, 2.45) is 17.6 Å². The lowest BCUT2D eigenvalue weighted by molar-refractivity contribution is -0.140. The van der Waals surface area contributed by atoms with Crippen LogP contribution in [0.15, 0.2) is 48.5 Å². The molecule has 1 amide bonds. The minimum absolute atomic E-state index is 0.00467. The first-order valence-electron chi connectivity index (χ1n) is 13.0. The van der Waals surface area contributed by atoms with Crippen molar-refractivity contribution in [3.8, 4) is 11.1 Å². The Morgan fingerprint density at radius 2 is 1.91 bits per heavy atom. The molecule has 1 heterocycles. The second-order valence-electron chi connectivity index (χ2n) is 10.3. The zero-order valence-electron chi connectivity index (χ0n) is 20.8. The molecule has 0 aromatic heterocycles. The van der Waals surface area contributed by atoms with Crippen LogP contribution in [-0.4, -0.2) is 48.8 Å². The first-order chi connectivity index (χ1) is 16.9. The van der Waals surface area contributed by atoms with Gasteiger partial charge in [-0.2, -0.15) is 0 Å². The monoisotopic (exact) mass is 482 g/mol. The number of nitrogens with two attached hydrogens (primary N) is 1. The summed E-state index contributed by atoms with van der Waals surface area (Å²) in [5, 5.41) is 12.4. The molecule has 1 aliphatic carbocycles. The third kappa shape index (κ3) is 5.93. The SMILES string of the molecule is COCCCCC(O)(c1ccccc1-c1ccc(F)cc1)C1CCCN(C(=O)[C@@H]2CC[C@H](N)C2)C1. The van der Waals surface area contributed by atoms with Gasteiger partial charge in [-0.3, -0.25) is 4.79 Å². The van der Waals surface area contributed by atoms with E-state index in [1.54, 1.807) is 19.2 Å². The number of likely N-dealkylation sites (tertiary alicyclic amines) is 1. The van der Waals surface area contributed by atoms with E-state index in [1.807, 2.05) is 29.2 Å². The van der Waals surface area contributed by atoms with Crippen LogP contribution in [-0.2, 0) is 15.1 Å². The van der Waals surface area contributed by atoms with Crippen LogP contribution in [0.1, 0.15) is 56.9 Å². The van der Waals surface area contributed by atoms with Gasteiger partial charge in [-0.05, 0) is 80.2 Å². The summed E-state index contributed by atoms with van der Waals surface area (Å²) in [5.74, 6) is -0.171. The van der Waals surface area contributed by atoms with Gasteiger partial charge in [-0.1, -0.05) is 36.4 Å². The lowest BCUT2D eigenvalue weighted by Crippen LogP contribution is -2.49. The Labute approximate surface area is 208 Å². The third-order valence-corrected chi connectivity index (χ3v) is 7.94. The molecule has 2 aromatic rings. The van der Waals surface area contributed by atoms with E-state index in [1.165, 1.54) is 12.1 Å². The van der Waals surface area contributed by atoms with Gasteiger partial charge in [0.15, 0.2) is 0 Å². The van der Waals surface area contributed by atoms with Gasteiger partial charge in [0.25, 0.3) is 0 Å². The first kappa shape index (κ1) is 25.8. The van der Waals surface area contributed by atoms with Crippen molar-refractivity contribution >= 4 is 5.91 Å². The summed E-state index contributed by atoms with van der Waals surface area (Å²) >= 11 is 0. The number of halogens is 1. The molecule has 35 heavy (non-hydrogen) atoms. The quantitative estimate of drug-likeness (QED) is 0.501. The number of piperidine rings is 1. The molecule has 0 radical (unpaired) electrons. The number of methoxy groups -OCH3 is 1. The van der Waals surface area contributed by atoms with E-state index in [0.717, 1.165) is 68.2 Å². The molecule has 2 unspecified atom stereocenters. The highest BCUT2D eigenvalue weighted by molar-refractivity contribution is 5.79. The second kappa shape index (κ2) is 11.6. The first-order valence-corrected chi connectivity index (χ1v) is 13.0. The van der Waals surface area contributed by atoms with Crippen LogP contribution in [0.3, 0.4) is 0 Å². The lowest BCUT2D eigenvalue weighted by atomic mass is 9.72. The standard InChI is InChI=1S/C29H39FN2O3/c1-35-18-5-4-16-29(34,27-9-3-2-8-26(27)21-10-13-24(30)14-11-21)23-7-6-17-32(20-23)28(33)22-12-15-25(31)19-22/h2-3,8-11,13-14,22-23,25,34H,4-7,12,15-20,31H2,1H3/t22-,23?,25+,29?/m1/s1. The number of hydrogen-bond acceptors (Lipinski definition) is 4. The van der Waals surface area contributed by atoms with Crippen molar-refractivity contribution < 1.29 is 19.0 Å². The number of nitrogens with zero attached hydrogens (tertiary/aromatic N) is 1. The zero-order chi connectivity index (χ0) is 24.8. The summed E-state index contributed by atoms with van der Waals surface area (Å²) in [6, 6.07) is 14.4. The molecule has 2 aromatic carbocycles. The average molecular weight is 483 g/mol. The summed E-state index contributed by atoms with van der Waals surface area (Å²) in [5.41, 5.74) is 7.61. The van der Waals surface area contributed by atoms with Gasteiger partial charge in [0, 0.05) is 44.7 Å². The van der Waals surface area contributed by atoms with Gasteiger partial charge in [-0.15, -0.1) is 0 Å². The van der Waals surface area contributed by atoms with Crippen molar-refractivity contribution in [1.82, 2.24) is 4.90 Å². The minimum Gasteiger partial charge on any atom is -0.385 e. The molecular weight excluding hydrogens is 443 g/mol. The van der Waals surface area contributed by atoms with E-state index in [9.17, 15) is 14.3 Å². The highest BCUT2D eigenvalue weighted by atomic mass is 19.1. The Kier molecular flexibility index (Phi) is 8.58. The number of rotatable bonds is 9. The maximum absolute atomic E-state index is 13.6. The van der Waals surface area contributed by atoms with Crippen LogP contribution < -0.4 is 5.73 Å². The zero-order valence-corrected chi connectivity index (χ0v) is 20.8. The Balaban J connectivity index is 1.64. The number of aliphatic hydroxyl groups is 1. The van der Waals surface area contributed by atoms with E-state index in [-0.39, 0.29) is 29.6 Å². The maximum Gasteiger partial charge on any atom is 0.225 e. The smallest absolute Gasteiger partial charge is 0.225 e. The summed E-state index contributed by atoms with van der Waals surface area (Å²) in [4.78, 5) is 15.3. The van der Waals surface area contributed by atoms with Gasteiger partial charge in [-0.25, -0.2) is 4.39 Å². The van der Waals surface area contributed by atoms with Crippen molar-refractivity contribution in [2.75, 3.05) is 26.8 Å². The molecule has 2 aliphatic rings. The lowest BCUT2D eigenvalue weighted by Gasteiger charge is -2.44. The van der Waals surface area contributed by atoms with Gasteiger partial charge >= 0.3 is 0 Å². The predicted octanol–water partition coefficient (Wildman–Crippen LogP) is 4.86. The van der Waals surface area contributed by atoms with Crippen LogP contribution >= 0.6 is 0 Å².